The van der Waals surface area contributed by atoms with E-state index in [0.717, 1.165) is 36.6 Å². The largest absolute Gasteiger partial charge is 0.335 e. The van der Waals surface area contributed by atoms with Crippen LogP contribution >= 0.6 is 0 Å². The molecule has 0 radical (unpaired) electrons. The fraction of sp³-hybridized carbons (Fsp3) is 0.500. The van der Waals surface area contributed by atoms with Gasteiger partial charge in [-0.15, -0.1) is 0 Å². The Balaban J connectivity index is 1.69. The lowest BCUT2D eigenvalue weighted by atomic mass is 9.75. The Hall–Kier alpha value is -2.17. The monoisotopic (exact) mass is 343 g/mol. The van der Waals surface area contributed by atoms with Crippen molar-refractivity contribution in [2.45, 2.75) is 44.6 Å². The van der Waals surface area contributed by atoms with E-state index < -0.39 is 0 Å². The van der Waals surface area contributed by atoms with Crippen LogP contribution in [0.5, 0.6) is 0 Å². The van der Waals surface area contributed by atoms with Crippen molar-refractivity contribution in [2.24, 2.45) is 5.92 Å². The van der Waals surface area contributed by atoms with Gasteiger partial charge in [0.05, 0.1) is 5.52 Å². The number of hydrogen-bond acceptors (Lipinski definition) is 2. The maximum atomic E-state index is 13.7. The van der Waals surface area contributed by atoms with Crippen LogP contribution in [0.3, 0.4) is 0 Å². The molecule has 1 aromatic carbocycles. The predicted octanol–water partition coefficient (Wildman–Crippen LogP) is 4.31. The maximum Gasteiger partial charge on any atom is 0.317 e. The van der Waals surface area contributed by atoms with Gasteiger partial charge in [-0.2, -0.15) is 0 Å². The van der Waals surface area contributed by atoms with E-state index in [-0.39, 0.29) is 17.9 Å². The number of carbonyl (C=O) groups is 1. The number of nitrogens with zero attached hydrogens (tertiary/aromatic N) is 2. The predicted molar refractivity (Wildman–Crippen MR) is 98.1 cm³/mol. The Bertz CT molecular complexity index is 754. The van der Waals surface area contributed by atoms with Crippen molar-refractivity contribution < 1.29 is 9.18 Å². The molecule has 1 heterocycles. The first-order chi connectivity index (χ1) is 12.0. The zero-order valence-electron chi connectivity index (χ0n) is 15.1. The minimum atomic E-state index is -0.213. The Kier molecular flexibility index (Phi) is 5.21. The topological polar surface area (TPSA) is 45.2 Å². The van der Waals surface area contributed by atoms with Gasteiger partial charge >= 0.3 is 6.03 Å². The molecule has 1 aromatic heterocycles. The summed E-state index contributed by atoms with van der Waals surface area (Å²) in [6.07, 6.45) is 6.07. The van der Waals surface area contributed by atoms with E-state index in [9.17, 15) is 9.18 Å². The van der Waals surface area contributed by atoms with Crippen molar-refractivity contribution in [3.05, 3.63) is 41.8 Å². The zero-order valence-corrected chi connectivity index (χ0v) is 15.1. The molecule has 1 N–H and O–H groups in total. The molecule has 1 fully saturated rings. The van der Waals surface area contributed by atoms with Crippen LogP contribution < -0.4 is 5.32 Å². The van der Waals surface area contributed by atoms with E-state index in [4.69, 9.17) is 0 Å². The summed E-state index contributed by atoms with van der Waals surface area (Å²) in [6.45, 7) is 2.09. The molecule has 2 amide bonds. The number of aromatic nitrogens is 1. The number of fused-ring (bicyclic) bond motifs is 1. The third-order valence-electron chi connectivity index (χ3n) is 5.41. The first kappa shape index (κ1) is 17.6. The summed E-state index contributed by atoms with van der Waals surface area (Å²) in [4.78, 5) is 17.8. The summed E-state index contributed by atoms with van der Waals surface area (Å²) in [5.74, 6) is 0.709. The van der Waals surface area contributed by atoms with Gasteiger partial charge < -0.3 is 10.2 Å². The van der Waals surface area contributed by atoms with Gasteiger partial charge in [0.15, 0.2) is 0 Å². The lowest BCUT2D eigenvalue weighted by Gasteiger charge is -2.33. The Morgan fingerprint density at radius 2 is 1.96 bits per heavy atom. The smallest absolute Gasteiger partial charge is 0.317 e. The molecule has 0 unspecified atom stereocenters. The standard InChI is InChI=1S/C20H26FN3O/c1-13(23-20(25)24(2)3)14-4-6-15(7-5-14)17-10-11-22-19-9-8-16(21)12-18(17)19/h8-15H,4-7H2,1-3H3,(H,23,25)/t13-,14?,15?/m1/s1. The van der Waals surface area contributed by atoms with Gasteiger partial charge in [-0.1, -0.05) is 0 Å². The van der Waals surface area contributed by atoms with Crippen molar-refractivity contribution in [2.75, 3.05) is 14.1 Å². The van der Waals surface area contributed by atoms with Crippen molar-refractivity contribution >= 4 is 16.9 Å². The van der Waals surface area contributed by atoms with Gasteiger partial charge in [0, 0.05) is 31.7 Å². The molecule has 2 aromatic rings. The van der Waals surface area contributed by atoms with Crippen LogP contribution in [0.15, 0.2) is 30.5 Å². The second-order valence-electron chi connectivity index (χ2n) is 7.31. The summed E-state index contributed by atoms with van der Waals surface area (Å²) < 4.78 is 13.7. The second-order valence-corrected chi connectivity index (χ2v) is 7.31. The molecule has 0 saturated heterocycles. The fourth-order valence-electron chi connectivity index (χ4n) is 3.87. The molecule has 134 valence electrons. The SMILES string of the molecule is C[C@@H](NC(=O)N(C)C)C1CCC(c2ccnc3ccc(F)cc23)CC1. The zero-order chi connectivity index (χ0) is 18.0. The lowest BCUT2D eigenvalue weighted by Crippen LogP contribution is -2.44. The average molecular weight is 343 g/mol. The highest BCUT2D eigenvalue weighted by Crippen LogP contribution is 2.39. The van der Waals surface area contributed by atoms with Gasteiger partial charge in [-0.3, -0.25) is 4.98 Å². The van der Waals surface area contributed by atoms with Crippen LogP contribution in [0, 0.1) is 11.7 Å². The molecule has 5 heteroatoms. The van der Waals surface area contributed by atoms with Gasteiger partial charge in [-0.25, -0.2) is 9.18 Å². The van der Waals surface area contributed by atoms with Gasteiger partial charge in [0.2, 0.25) is 0 Å². The minimum Gasteiger partial charge on any atom is -0.335 e. The van der Waals surface area contributed by atoms with Gasteiger partial charge in [0.1, 0.15) is 5.82 Å². The lowest BCUT2D eigenvalue weighted by molar-refractivity contribution is 0.201. The van der Waals surface area contributed by atoms with Crippen molar-refractivity contribution in [1.29, 1.82) is 0 Å². The molecule has 0 spiro atoms. The van der Waals surface area contributed by atoms with Crippen LogP contribution in [0.4, 0.5) is 9.18 Å². The van der Waals surface area contributed by atoms with E-state index >= 15 is 0 Å². The first-order valence-corrected chi connectivity index (χ1v) is 8.97. The fourth-order valence-corrected chi connectivity index (χ4v) is 3.87. The number of pyridine rings is 1. The third kappa shape index (κ3) is 3.91. The number of rotatable bonds is 3. The molecule has 3 rings (SSSR count). The van der Waals surface area contributed by atoms with Crippen LogP contribution in [0.2, 0.25) is 0 Å². The van der Waals surface area contributed by atoms with Crippen LogP contribution in [0.1, 0.15) is 44.1 Å². The molecular formula is C20H26FN3O. The first-order valence-electron chi connectivity index (χ1n) is 8.97. The number of nitrogens with one attached hydrogen (secondary N) is 1. The van der Waals surface area contributed by atoms with E-state index in [2.05, 4.69) is 17.2 Å². The maximum absolute atomic E-state index is 13.7. The Morgan fingerprint density at radius 3 is 2.64 bits per heavy atom. The molecule has 1 atom stereocenters. The number of halogens is 1. The van der Waals surface area contributed by atoms with Crippen molar-refractivity contribution in [1.82, 2.24) is 15.2 Å². The van der Waals surface area contributed by atoms with E-state index in [0.29, 0.717) is 11.8 Å². The van der Waals surface area contributed by atoms with Crippen molar-refractivity contribution in [3.63, 3.8) is 0 Å². The average Bonchev–Trinajstić information content (AvgIpc) is 2.61. The van der Waals surface area contributed by atoms with Gasteiger partial charge in [-0.05, 0) is 74.3 Å². The molecule has 1 aliphatic rings. The summed E-state index contributed by atoms with van der Waals surface area (Å²) in [5.41, 5.74) is 2.06. The normalized spacial score (nSPS) is 21.8. The van der Waals surface area contributed by atoms with Crippen LogP contribution in [-0.2, 0) is 0 Å². The third-order valence-corrected chi connectivity index (χ3v) is 5.41. The highest BCUT2D eigenvalue weighted by Gasteiger charge is 2.28. The molecular weight excluding hydrogens is 317 g/mol. The minimum absolute atomic E-state index is 0.0368. The van der Waals surface area contributed by atoms with Crippen molar-refractivity contribution in [3.8, 4) is 0 Å². The summed E-state index contributed by atoms with van der Waals surface area (Å²) in [6, 6.07) is 6.98. The van der Waals surface area contributed by atoms with E-state index in [1.54, 1.807) is 31.1 Å². The highest BCUT2D eigenvalue weighted by atomic mass is 19.1. The molecule has 1 saturated carbocycles. The molecule has 25 heavy (non-hydrogen) atoms. The molecule has 1 aliphatic carbocycles. The number of benzene rings is 1. The van der Waals surface area contributed by atoms with E-state index in [1.807, 2.05) is 12.3 Å². The Labute approximate surface area is 148 Å². The number of urea groups is 1. The number of carbonyl (C=O) groups excluding carboxylic acids is 1. The van der Waals surface area contributed by atoms with Gasteiger partial charge in [0.25, 0.3) is 0 Å². The molecule has 0 aliphatic heterocycles. The summed E-state index contributed by atoms with van der Waals surface area (Å²) >= 11 is 0. The molecule has 4 nitrogen and oxygen atoms in total. The second kappa shape index (κ2) is 7.38. The Morgan fingerprint density at radius 1 is 1.24 bits per heavy atom. The quantitative estimate of drug-likeness (QED) is 0.903. The van der Waals surface area contributed by atoms with E-state index in [1.165, 1.54) is 11.6 Å². The summed E-state index contributed by atoms with van der Waals surface area (Å²) in [7, 11) is 3.51. The van der Waals surface area contributed by atoms with Crippen LogP contribution in [-0.4, -0.2) is 36.1 Å². The number of amides is 2. The van der Waals surface area contributed by atoms with Crippen LogP contribution in [0.25, 0.3) is 10.9 Å². The highest BCUT2D eigenvalue weighted by molar-refractivity contribution is 5.82. The molecule has 0 bridgehead atoms. The summed E-state index contributed by atoms with van der Waals surface area (Å²) in [5, 5.41) is 4.00. The number of hydrogen-bond donors (Lipinski definition) is 1.